The van der Waals surface area contributed by atoms with E-state index in [4.69, 9.17) is 11.6 Å². The molecule has 0 unspecified atom stereocenters. The Kier molecular flexibility index (Phi) is 3.19. The molecule has 0 aliphatic rings. The maximum atomic E-state index is 12.3. The number of rotatable bonds is 2. The first-order valence-electron chi connectivity index (χ1n) is 5.72. The van der Waals surface area contributed by atoms with Crippen molar-refractivity contribution in [1.82, 2.24) is 18.9 Å². The van der Waals surface area contributed by atoms with Gasteiger partial charge in [-0.05, 0) is 18.6 Å². The van der Waals surface area contributed by atoms with Crippen LogP contribution < -0.4 is 5.43 Å². The molecule has 0 bridgehead atoms. The molecule has 0 fully saturated rings. The van der Waals surface area contributed by atoms with Crippen molar-refractivity contribution in [2.24, 2.45) is 0 Å². The predicted molar refractivity (Wildman–Crippen MR) is 77.5 cm³/mol. The van der Waals surface area contributed by atoms with Crippen LogP contribution in [0.4, 0.5) is 0 Å². The van der Waals surface area contributed by atoms with Crippen molar-refractivity contribution in [3.05, 3.63) is 45.1 Å². The number of hydrogen-bond acceptors (Lipinski definition) is 6. The maximum Gasteiger partial charge on any atom is 0.341 e. The van der Waals surface area contributed by atoms with Gasteiger partial charge >= 0.3 is 5.97 Å². The summed E-state index contributed by atoms with van der Waals surface area (Å²) in [5, 5.41) is 10.0. The molecule has 0 atom stereocenters. The number of aromatic nitrogens is 4. The summed E-state index contributed by atoms with van der Waals surface area (Å²) in [6, 6.07) is 1.52. The fourth-order valence-electron chi connectivity index (χ4n) is 2.03. The van der Waals surface area contributed by atoms with Gasteiger partial charge in [0.2, 0.25) is 10.6 Å². The lowest BCUT2D eigenvalue weighted by atomic mass is 10.1. The first-order valence-corrected chi connectivity index (χ1v) is 6.87. The Balaban J connectivity index is 2.55. The minimum Gasteiger partial charge on any atom is -0.477 e. The summed E-state index contributed by atoms with van der Waals surface area (Å²) in [6.45, 7) is 1.67. The summed E-state index contributed by atoms with van der Waals surface area (Å²) in [5.41, 5.74) is -0.145. The molecule has 9 heteroatoms. The third-order valence-corrected chi connectivity index (χ3v) is 3.77. The summed E-state index contributed by atoms with van der Waals surface area (Å²) in [6.07, 6.45) is 2.53. The zero-order valence-corrected chi connectivity index (χ0v) is 12.1. The van der Waals surface area contributed by atoms with Crippen LogP contribution in [-0.2, 0) is 0 Å². The van der Waals surface area contributed by atoms with E-state index in [-0.39, 0.29) is 21.7 Å². The van der Waals surface area contributed by atoms with Crippen molar-refractivity contribution in [3.63, 3.8) is 0 Å². The molecule has 0 saturated carbocycles. The summed E-state index contributed by atoms with van der Waals surface area (Å²) >= 11 is 6.99. The van der Waals surface area contributed by atoms with Crippen LogP contribution in [0.2, 0.25) is 5.15 Å². The smallest absolute Gasteiger partial charge is 0.341 e. The Morgan fingerprint density at radius 2 is 2.24 bits per heavy atom. The highest BCUT2D eigenvalue weighted by Crippen LogP contribution is 2.21. The van der Waals surface area contributed by atoms with Gasteiger partial charge in [-0.25, -0.2) is 14.8 Å². The van der Waals surface area contributed by atoms with E-state index in [1.165, 1.54) is 23.2 Å². The van der Waals surface area contributed by atoms with Crippen LogP contribution in [0, 0.1) is 6.92 Å². The molecule has 0 aromatic carbocycles. The van der Waals surface area contributed by atoms with Gasteiger partial charge in [0.1, 0.15) is 17.0 Å². The lowest BCUT2D eigenvalue weighted by Gasteiger charge is -2.10. The Morgan fingerprint density at radius 3 is 2.86 bits per heavy atom. The van der Waals surface area contributed by atoms with E-state index in [0.717, 1.165) is 11.5 Å². The van der Waals surface area contributed by atoms with Crippen LogP contribution in [0.25, 0.3) is 16.2 Å². The average Bonchev–Trinajstić information content (AvgIpc) is 2.91. The van der Waals surface area contributed by atoms with E-state index in [1.807, 2.05) is 0 Å². The van der Waals surface area contributed by atoms with Crippen molar-refractivity contribution in [2.75, 3.05) is 0 Å². The molecule has 3 aromatic heterocycles. The Morgan fingerprint density at radius 1 is 1.48 bits per heavy atom. The van der Waals surface area contributed by atoms with Gasteiger partial charge in [-0.15, -0.1) is 0 Å². The minimum absolute atomic E-state index is 0.203. The second-order valence-corrected chi connectivity index (χ2v) is 5.38. The highest BCUT2D eigenvalue weighted by atomic mass is 35.5. The predicted octanol–water partition coefficient (Wildman–Crippen LogP) is 1.90. The summed E-state index contributed by atoms with van der Waals surface area (Å²) < 4.78 is 5.28. The van der Waals surface area contributed by atoms with E-state index in [2.05, 4.69) is 14.3 Å². The lowest BCUT2D eigenvalue weighted by molar-refractivity contribution is 0.0695. The number of carboxylic acid groups (broad SMARTS) is 1. The minimum atomic E-state index is -1.31. The third-order valence-electron chi connectivity index (χ3n) is 2.91. The monoisotopic (exact) mass is 322 g/mol. The van der Waals surface area contributed by atoms with E-state index < -0.39 is 11.4 Å². The molecule has 0 radical (unpaired) electrons. The van der Waals surface area contributed by atoms with Gasteiger partial charge < -0.3 is 5.11 Å². The Bertz CT molecular complexity index is 920. The van der Waals surface area contributed by atoms with Crippen LogP contribution in [0.3, 0.4) is 0 Å². The van der Waals surface area contributed by atoms with Crippen molar-refractivity contribution < 1.29 is 9.90 Å². The maximum absolute atomic E-state index is 12.3. The number of hydrogen-bond donors (Lipinski definition) is 1. The van der Waals surface area contributed by atoms with Crippen LogP contribution in [0.5, 0.6) is 0 Å². The molecule has 0 aliphatic heterocycles. The van der Waals surface area contributed by atoms with E-state index >= 15 is 0 Å². The Labute approximate surface area is 126 Å². The van der Waals surface area contributed by atoms with E-state index in [0.29, 0.717) is 10.7 Å². The van der Waals surface area contributed by atoms with Crippen LogP contribution in [0.1, 0.15) is 15.9 Å². The summed E-state index contributed by atoms with van der Waals surface area (Å²) in [7, 11) is 0. The van der Waals surface area contributed by atoms with Gasteiger partial charge in [0.05, 0.1) is 5.39 Å². The van der Waals surface area contributed by atoms with E-state index in [1.54, 1.807) is 6.92 Å². The number of carbonyl (C=O) groups is 1. The SMILES string of the molecule is Cc1cc(Cl)nc2c1c(=O)c(C(=O)O)cn2-c1ncns1. The summed E-state index contributed by atoms with van der Waals surface area (Å²) in [5.74, 6) is -1.31. The van der Waals surface area contributed by atoms with Crippen molar-refractivity contribution >= 4 is 40.1 Å². The molecule has 0 spiro atoms. The fraction of sp³-hybridized carbons (Fsp3) is 0.0833. The first kappa shape index (κ1) is 13.7. The van der Waals surface area contributed by atoms with Crippen LogP contribution in [0.15, 0.2) is 23.4 Å². The second-order valence-electron chi connectivity index (χ2n) is 4.23. The summed E-state index contributed by atoms with van der Waals surface area (Å²) in [4.78, 5) is 31.7. The van der Waals surface area contributed by atoms with Crippen molar-refractivity contribution in [3.8, 4) is 5.13 Å². The number of nitrogens with zero attached hydrogens (tertiary/aromatic N) is 4. The Hall–Kier alpha value is -2.32. The van der Waals surface area contributed by atoms with Gasteiger partial charge in [0.15, 0.2) is 5.65 Å². The highest BCUT2D eigenvalue weighted by Gasteiger charge is 2.19. The molecular weight excluding hydrogens is 316 g/mol. The van der Waals surface area contributed by atoms with Crippen molar-refractivity contribution in [2.45, 2.75) is 6.92 Å². The van der Waals surface area contributed by atoms with Crippen LogP contribution in [-0.4, -0.2) is 30.0 Å². The molecule has 0 aliphatic carbocycles. The molecule has 3 rings (SSSR count). The van der Waals surface area contributed by atoms with Crippen LogP contribution >= 0.6 is 23.1 Å². The zero-order valence-electron chi connectivity index (χ0n) is 10.6. The number of carboxylic acids is 1. The molecule has 3 heterocycles. The molecule has 0 amide bonds. The third kappa shape index (κ3) is 2.18. The van der Waals surface area contributed by atoms with E-state index in [9.17, 15) is 14.7 Å². The molecule has 21 heavy (non-hydrogen) atoms. The lowest BCUT2D eigenvalue weighted by Crippen LogP contribution is -2.19. The largest absolute Gasteiger partial charge is 0.477 e. The van der Waals surface area contributed by atoms with Gasteiger partial charge in [-0.2, -0.15) is 4.37 Å². The van der Waals surface area contributed by atoms with Gasteiger partial charge in [-0.3, -0.25) is 9.36 Å². The topological polar surface area (TPSA) is 98.0 Å². The average molecular weight is 323 g/mol. The number of pyridine rings is 2. The quantitative estimate of drug-likeness (QED) is 0.723. The molecule has 106 valence electrons. The normalized spacial score (nSPS) is 11.0. The highest BCUT2D eigenvalue weighted by molar-refractivity contribution is 7.08. The molecule has 0 saturated heterocycles. The zero-order chi connectivity index (χ0) is 15.1. The molecule has 3 aromatic rings. The molecule has 1 N–H and O–H groups in total. The number of aryl methyl sites for hydroxylation is 1. The fourth-order valence-corrected chi connectivity index (χ4v) is 2.78. The first-order chi connectivity index (χ1) is 9.99. The van der Waals surface area contributed by atoms with Gasteiger partial charge in [0.25, 0.3) is 0 Å². The second kappa shape index (κ2) is 4.90. The van der Waals surface area contributed by atoms with Gasteiger partial charge in [-0.1, -0.05) is 11.6 Å². The molecule has 7 nitrogen and oxygen atoms in total. The number of aromatic carboxylic acids is 1. The molecular formula is C12H7ClN4O3S. The number of halogens is 1. The van der Waals surface area contributed by atoms with Gasteiger partial charge in [0, 0.05) is 17.7 Å². The van der Waals surface area contributed by atoms with Crippen molar-refractivity contribution in [1.29, 1.82) is 0 Å². The number of fused-ring (bicyclic) bond motifs is 1. The standard InChI is InChI=1S/C12H7ClN4O3S/c1-5-2-7(13)16-10-8(5)9(18)6(11(19)20)3-17(10)12-14-4-15-21-12/h2-4H,1H3,(H,19,20).